The smallest absolute Gasteiger partial charge is 0.231 e. The summed E-state index contributed by atoms with van der Waals surface area (Å²) in [6.07, 6.45) is 1.23. The Morgan fingerprint density at radius 1 is 0.933 bits per heavy atom. The second kappa shape index (κ2) is 7.84. The molecule has 0 radical (unpaired) electrons. The van der Waals surface area contributed by atoms with Gasteiger partial charge in [-0.05, 0) is 47.7 Å². The number of fused-ring (bicyclic) bond motifs is 1. The van der Waals surface area contributed by atoms with E-state index in [0.717, 1.165) is 29.0 Å². The molecule has 7 heteroatoms. The number of nitrogens with zero attached hydrogens (tertiary/aromatic N) is 2. The first kappa shape index (κ1) is 19.2. The van der Waals surface area contributed by atoms with E-state index >= 15 is 0 Å². The topological polar surface area (TPSA) is 59.1 Å². The molecule has 2 unspecified atom stereocenters. The first-order valence-electron chi connectivity index (χ1n) is 10.3. The van der Waals surface area contributed by atoms with E-state index in [1.807, 2.05) is 40.1 Å². The lowest BCUT2D eigenvalue weighted by molar-refractivity contribution is -0.140. The third-order valence-electron chi connectivity index (χ3n) is 6.15. The highest BCUT2D eigenvalue weighted by molar-refractivity contribution is 6.30. The van der Waals surface area contributed by atoms with Crippen molar-refractivity contribution >= 4 is 23.4 Å². The Morgan fingerprint density at radius 2 is 1.63 bits per heavy atom. The number of amides is 2. The monoisotopic (exact) mass is 426 g/mol. The number of hydrogen-bond donors (Lipinski definition) is 0. The Hall–Kier alpha value is -2.73. The van der Waals surface area contributed by atoms with Crippen molar-refractivity contribution in [2.75, 3.05) is 33.0 Å². The molecular weight excluding hydrogens is 404 g/mol. The molecule has 0 bridgehead atoms. The van der Waals surface area contributed by atoms with E-state index in [-0.39, 0.29) is 30.4 Å². The van der Waals surface area contributed by atoms with Crippen LogP contribution >= 0.6 is 11.6 Å². The number of hydrogen-bond acceptors (Lipinski definition) is 4. The van der Waals surface area contributed by atoms with Crippen molar-refractivity contribution in [1.29, 1.82) is 0 Å². The minimum atomic E-state index is 0.0293. The molecule has 3 aliphatic rings. The SMILES string of the molecule is O=C(Cc1ccc(Cl)cc1)N1CCN(C(=O)C2CC2c2ccc3c(c2)OCO3)CC1. The van der Waals surface area contributed by atoms with Crippen molar-refractivity contribution in [3.05, 3.63) is 58.6 Å². The van der Waals surface area contributed by atoms with Crippen molar-refractivity contribution in [2.24, 2.45) is 5.92 Å². The fourth-order valence-corrected chi connectivity index (χ4v) is 4.41. The highest BCUT2D eigenvalue weighted by Gasteiger charge is 2.46. The molecule has 2 amide bonds. The third-order valence-corrected chi connectivity index (χ3v) is 6.40. The predicted molar refractivity (Wildman–Crippen MR) is 112 cm³/mol. The van der Waals surface area contributed by atoms with Crippen molar-refractivity contribution in [2.45, 2.75) is 18.8 Å². The van der Waals surface area contributed by atoms with E-state index in [1.165, 1.54) is 0 Å². The molecule has 2 aromatic carbocycles. The molecule has 1 saturated heterocycles. The molecule has 0 spiro atoms. The van der Waals surface area contributed by atoms with Crippen LogP contribution in [0.25, 0.3) is 0 Å². The lowest BCUT2D eigenvalue weighted by Crippen LogP contribution is -2.51. The van der Waals surface area contributed by atoms with Gasteiger partial charge in [-0.1, -0.05) is 29.8 Å². The molecule has 0 aromatic heterocycles. The Balaban J connectivity index is 1.13. The molecule has 1 saturated carbocycles. The molecule has 2 aromatic rings. The zero-order chi connectivity index (χ0) is 20.7. The highest BCUT2D eigenvalue weighted by Crippen LogP contribution is 2.50. The predicted octanol–water partition coefficient (Wildman–Crippen LogP) is 3.09. The van der Waals surface area contributed by atoms with Gasteiger partial charge in [-0.3, -0.25) is 9.59 Å². The summed E-state index contributed by atoms with van der Waals surface area (Å²) in [6.45, 7) is 2.61. The van der Waals surface area contributed by atoms with E-state index < -0.39 is 0 Å². The molecule has 6 nitrogen and oxygen atoms in total. The number of ether oxygens (including phenoxy) is 2. The van der Waals surface area contributed by atoms with Gasteiger partial charge >= 0.3 is 0 Å². The molecule has 0 N–H and O–H groups in total. The maximum atomic E-state index is 12.9. The van der Waals surface area contributed by atoms with Crippen LogP contribution < -0.4 is 9.47 Å². The lowest BCUT2D eigenvalue weighted by atomic mass is 10.1. The Morgan fingerprint density at radius 3 is 2.40 bits per heavy atom. The summed E-state index contributed by atoms with van der Waals surface area (Å²) in [5.74, 6) is 2.09. The van der Waals surface area contributed by atoms with Crippen LogP contribution in [0.4, 0.5) is 0 Å². The summed E-state index contributed by atoms with van der Waals surface area (Å²) < 4.78 is 10.8. The van der Waals surface area contributed by atoms with Gasteiger partial charge in [0.05, 0.1) is 6.42 Å². The average molecular weight is 427 g/mol. The van der Waals surface area contributed by atoms with Crippen LogP contribution in [0.5, 0.6) is 11.5 Å². The van der Waals surface area contributed by atoms with E-state index in [4.69, 9.17) is 21.1 Å². The largest absolute Gasteiger partial charge is 0.454 e. The maximum absolute atomic E-state index is 12.9. The summed E-state index contributed by atoms with van der Waals surface area (Å²) in [4.78, 5) is 29.3. The van der Waals surface area contributed by atoms with Gasteiger partial charge in [-0.15, -0.1) is 0 Å². The average Bonchev–Trinajstić information content (AvgIpc) is 3.43. The molecule has 2 aliphatic heterocycles. The number of halogens is 1. The Bertz CT molecular complexity index is 970. The van der Waals surface area contributed by atoms with Crippen LogP contribution in [0.15, 0.2) is 42.5 Å². The third kappa shape index (κ3) is 3.84. The van der Waals surface area contributed by atoms with E-state index in [9.17, 15) is 9.59 Å². The van der Waals surface area contributed by atoms with Crippen molar-refractivity contribution < 1.29 is 19.1 Å². The lowest BCUT2D eigenvalue weighted by Gasteiger charge is -2.35. The Labute approximate surface area is 180 Å². The zero-order valence-electron chi connectivity index (χ0n) is 16.6. The summed E-state index contributed by atoms with van der Waals surface area (Å²) in [6, 6.07) is 13.3. The highest BCUT2D eigenvalue weighted by atomic mass is 35.5. The van der Waals surface area contributed by atoms with Gasteiger partial charge in [-0.25, -0.2) is 0 Å². The fraction of sp³-hybridized carbons (Fsp3) is 0.391. The number of benzene rings is 2. The van der Waals surface area contributed by atoms with Crippen LogP contribution in [0.3, 0.4) is 0 Å². The molecule has 30 heavy (non-hydrogen) atoms. The summed E-state index contributed by atoms with van der Waals surface area (Å²) >= 11 is 5.90. The van der Waals surface area contributed by atoms with E-state index in [0.29, 0.717) is 37.6 Å². The van der Waals surface area contributed by atoms with Gasteiger partial charge in [0, 0.05) is 37.1 Å². The van der Waals surface area contributed by atoms with Crippen molar-refractivity contribution in [3.8, 4) is 11.5 Å². The number of carbonyl (C=O) groups is 2. The summed E-state index contributed by atoms with van der Waals surface area (Å²) in [5.41, 5.74) is 2.09. The minimum absolute atomic E-state index is 0.0293. The minimum Gasteiger partial charge on any atom is -0.454 e. The van der Waals surface area contributed by atoms with Crippen LogP contribution in [0.2, 0.25) is 5.02 Å². The van der Waals surface area contributed by atoms with Crippen LogP contribution in [0.1, 0.15) is 23.5 Å². The second-order valence-electron chi connectivity index (χ2n) is 8.07. The quantitative estimate of drug-likeness (QED) is 0.753. The van der Waals surface area contributed by atoms with Gasteiger partial charge in [0.1, 0.15) is 0 Å². The molecule has 2 atom stereocenters. The first-order chi connectivity index (χ1) is 14.6. The molecule has 1 aliphatic carbocycles. The number of carbonyl (C=O) groups excluding carboxylic acids is 2. The van der Waals surface area contributed by atoms with Gasteiger partial charge in [0.25, 0.3) is 0 Å². The maximum Gasteiger partial charge on any atom is 0.231 e. The molecule has 2 fully saturated rings. The molecule has 5 rings (SSSR count). The van der Waals surface area contributed by atoms with Crippen LogP contribution in [-0.2, 0) is 16.0 Å². The number of rotatable bonds is 4. The second-order valence-corrected chi connectivity index (χ2v) is 8.51. The summed E-state index contributed by atoms with van der Waals surface area (Å²) in [7, 11) is 0. The first-order valence-corrected chi connectivity index (χ1v) is 10.7. The van der Waals surface area contributed by atoms with Crippen LogP contribution in [-0.4, -0.2) is 54.6 Å². The summed E-state index contributed by atoms with van der Waals surface area (Å²) in [5, 5.41) is 0.664. The molecule has 2 heterocycles. The van der Waals surface area contributed by atoms with Gasteiger partial charge < -0.3 is 19.3 Å². The molecule has 156 valence electrons. The fourth-order valence-electron chi connectivity index (χ4n) is 4.28. The van der Waals surface area contributed by atoms with Gasteiger partial charge in [0.2, 0.25) is 18.6 Å². The van der Waals surface area contributed by atoms with Crippen molar-refractivity contribution in [3.63, 3.8) is 0 Å². The van der Waals surface area contributed by atoms with Gasteiger partial charge in [-0.2, -0.15) is 0 Å². The Kier molecular flexibility index (Phi) is 5.03. The zero-order valence-corrected chi connectivity index (χ0v) is 17.3. The van der Waals surface area contributed by atoms with E-state index in [2.05, 4.69) is 0 Å². The van der Waals surface area contributed by atoms with E-state index in [1.54, 1.807) is 12.1 Å². The number of piperazine rings is 1. The molecular formula is C23H23ClN2O4. The standard InChI is InChI=1S/C23H23ClN2O4/c24-17-4-1-15(2-5-17)11-22(27)25-7-9-26(10-8-25)23(28)19-13-18(19)16-3-6-20-21(12-16)30-14-29-20/h1-6,12,18-19H,7-11,13-14H2. The van der Waals surface area contributed by atoms with Crippen molar-refractivity contribution in [1.82, 2.24) is 9.80 Å². The normalized spacial score (nSPS) is 22.2. The van der Waals surface area contributed by atoms with Gasteiger partial charge in [0.15, 0.2) is 11.5 Å². The van der Waals surface area contributed by atoms with Crippen LogP contribution in [0, 0.1) is 5.92 Å².